The summed E-state index contributed by atoms with van der Waals surface area (Å²) in [5.74, 6) is 0. The Morgan fingerprint density at radius 3 is 0.286 bits per heavy atom. The van der Waals surface area contributed by atoms with Gasteiger partial charge in [-0.05, 0) is 0 Å². The van der Waals surface area contributed by atoms with Gasteiger partial charge in [0.2, 0.25) is 0 Å². The third-order valence-electron chi connectivity index (χ3n) is 0. The molecule has 0 fully saturated rings. The van der Waals surface area contributed by atoms with Crippen LogP contribution < -0.4 is 0 Å². The molecule has 7 heavy (non-hydrogen) atoms. The molecule has 0 aromatic rings. The van der Waals surface area contributed by atoms with Crippen LogP contribution in [-0.4, -0.2) is 0 Å². The molecular formula is C6H18Ir-6. The summed E-state index contributed by atoms with van der Waals surface area (Å²) in [5, 5.41) is 0. The Hall–Kier alpha value is 0.649. The molecule has 1 radical (unpaired) electrons. The smallest absolute Gasteiger partial charge is 0 e. The van der Waals surface area contributed by atoms with Gasteiger partial charge in [-0.25, -0.2) is 0 Å². The first-order valence-corrected chi connectivity index (χ1v) is 0. The van der Waals surface area contributed by atoms with Crippen molar-refractivity contribution in [1.29, 1.82) is 0 Å². The summed E-state index contributed by atoms with van der Waals surface area (Å²) >= 11 is 0. The zero-order valence-corrected chi connectivity index (χ0v) is 8.73. The van der Waals surface area contributed by atoms with E-state index in [0.29, 0.717) is 0 Å². The molecule has 0 atom stereocenters. The maximum atomic E-state index is 0. The second-order valence-electron chi connectivity index (χ2n) is 0. The number of hydrogen-bond donors (Lipinski definition) is 0. The Balaban J connectivity index is 0. The molecule has 0 N–H and O–H groups in total. The van der Waals surface area contributed by atoms with Gasteiger partial charge in [-0.3, -0.25) is 0 Å². The van der Waals surface area contributed by atoms with E-state index in [0.717, 1.165) is 0 Å². The maximum absolute atomic E-state index is 0. The van der Waals surface area contributed by atoms with Gasteiger partial charge in [0.15, 0.2) is 0 Å². The van der Waals surface area contributed by atoms with Gasteiger partial charge < -0.3 is 44.6 Å². The summed E-state index contributed by atoms with van der Waals surface area (Å²) < 4.78 is 0. The topological polar surface area (TPSA) is 0 Å². The van der Waals surface area contributed by atoms with Crippen molar-refractivity contribution < 1.29 is 20.1 Å². The third kappa shape index (κ3) is 341. The van der Waals surface area contributed by atoms with Crippen LogP contribution in [0.2, 0.25) is 0 Å². The fourth-order valence-electron chi connectivity index (χ4n) is 0. The largest absolute Gasteiger partial charge is 0.358 e. The van der Waals surface area contributed by atoms with Gasteiger partial charge in [0.05, 0.1) is 0 Å². The Bertz CT molecular complexity index is 4.14. The van der Waals surface area contributed by atoms with Crippen molar-refractivity contribution in [3.8, 4) is 0 Å². The SMILES string of the molecule is [CH3-].[CH3-].[CH3-].[CH3-].[CH3-].[CH3-].[Ir]. The van der Waals surface area contributed by atoms with Gasteiger partial charge in [0.25, 0.3) is 0 Å². The molecular weight excluding hydrogens is 264 g/mol. The van der Waals surface area contributed by atoms with E-state index in [1.807, 2.05) is 0 Å². The standard InChI is InChI=1S/6CH3.Ir/h6*1H3;/q6*-1;. The fourth-order valence-corrected chi connectivity index (χ4v) is 0. The van der Waals surface area contributed by atoms with Crippen molar-refractivity contribution in [2.24, 2.45) is 0 Å². The van der Waals surface area contributed by atoms with Gasteiger partial charge in [0.1, 0.15) is 0 Å². The van der Waals surface area contributed by atoms with Crippen molar-refractivity contribution in [3.05, 3.63) is 44.6 Å². The van der Waals surface area contributed by atoms with Crippen LogP contribution in [-0.2, 0) is 20.1 Å². The average Bonchev–Trinajstić information content (AvgIpc) is 0. The van der Waals surface area contributed by atoms with Crippen LogP contribution in [0.3, 0.4) is 0 Å². The van der Waals surface area contributed by atoms with Crippen molar-refractivity contribution in [2.75, 3.05) is 0 Å². The van der Waals surface area contributed by atoms with Gasteiger partial charge >= 0.3 is 0 Å². The predicted octanol–water partition coefficient (Wildman–Crippen LogP) is 2.70. The minimum Gasteiger partial charge on any atom is -0.358 e. The molecule has 0 rings (SSSR count). The predicted molar refractivity (Wildman–Crippen MR) is 38.5 cm³/mol. The second kappa shape index (κ2) is 503. The van der Waals surface area contributed by atoms with E-state index in [1.165, 1.54) is 0 Å². The summed E-state index contributed by atoms with van der Waals surface area (Å²) in [5.41, 5.74) is 0. The minimum absolute atomic E-state index is 0. The molecule has 0 heterocycles. The van der Waals surface area contributed by atoms with Crippen molar-refractivity contribution in [3.63, 3.8) is 0 Å². The molecule has 0 saturated carbocycles. The molecule has 0 saturated heterocycles. The molecule has 0 nitrogen and oxygen atoms in total. The molecule has 0 aliphatic heterocycles. The summed E-state index contributed by atoms with van der Waals surface area (Å²) in [6.07, 6.45) is 0. The first-order valence-electron chi connectivity index (χ1n) is 0. The van der Waals surface area contributed by atoms with Gasteiger partial charge in [-0.15, -0.1) is 0 Å². The van der Waals surface area contributed by atoms with Gasteiger partial charge in [0, 0.05) is 20.1 Å². The third-order valence-corrected chi connectivity index (χ3v) is 0. The van der Waals surface area contributed by atoms with Crippen molar-refractivity contribution in [1.82, 2.24) is 0 Å². The molecule has 0 aromatic carbocycles. The first kappa shape index (κ1) is 802. The zero-order chi connectivity index (χ0) is 0. The Labute approximate surface area is 65.1 Å². The van der Waals surface area contributed by atoms with Crippen molar-refractivity contribution >= 4 is 0 Å². The molecule has 0 bridgehead atoms. The van der Waals surface area contributed by atoms with E-state index < -0.39 is 0 Å². The van der Waals surface area contributed by atoms with Crippen LogP contribution in [0, 0.1) is 44.6 Å². The van der Waals surface area contributed by atoms with Crippen molar-refractivity contribution in [2.45, 2.75) is 0 Å². The van der Waals surface area contributed by atoms with Gasteiger partial charge in [-0.1, -0.05) is 0 Å². The van der Waals surface area contributed by atoms with Crippen LogP contribution in [0.4, 0.5) is 0 Å². The summed E-state index contributed by atoms with van der Waals surface area (Å²) in [7, 11) is 0. The molecule has 57 valence electrons. The normalized spacial score (nSPS) is 0. The van der Waals surface area contributed by atoms with Gasteiger partial charge in [-0.2, -0.15) is 0 Å². The first-order chi connectivity index (χ1) is 0. The summed E-state index contributed by atoms with van der Waals surface area (Å²) in [6.45, 7) is 0. The summed E-state index contributed by atoms with van der Waals surface area (Å²) in [4.78, 5) is 0. The molecule has 1 heteroatoms. The molecule has 0 aliphatic rings. The number of hydrogen-bond acceptors (Lipinski definition) is 0. The molecule has 0 aromatic heterocycles. The molecule has 0 spiro atoms. The Morgan fingerprint density at radius 2 is 0.286 bits per heavy atom. The van der Waals surface area contributed by atoms with E-state index >= 15 is 0 Å². The average molecular weight is 282 g/mol. The Morgan fingerprint density at radius 1 is 0.286 bits per heavy atom. The fraction of sp³-hybridized carbons (Fsp3) is 0. The van der Waals surface area contributed by atoms with E-state index in [4.69, 9.17) is 0 Å². The monoisotopic (exact) mass is 283 g/mol. The zero-order valence-electron chi connectivity index (χ0n) is 6.33. The van der Waals surface area contributed by atoms with E-state index in [1.54, 1.807) is 0 Å². The van der Waals surface area contributed by atoms with E-state index in [9.17, 15) is 0 Å². The maximum Gasteiger partial charge on any atom is 0 e. The van der Waals surface area contributed by atoms with E-state index in [-0.39, 0.29) is 64.7 Å². The van der Waals surface area contributed by atoms with Crippen LogP contribution in [0.25, 0.3) is 0 Å². The minimum atomic E-state index is 0. The summed E-state index contributed by atoms with van der Waals surface area (Å²) in [6, 6.07) is 0. The molecule has 0 unspecified atom stereocenters. The van der Waals surface area contributed by atoms with Crippen LogP contribution in [0.15, 0.2) is 0 Å². The Kier molecular flexibility index (Phi) is 57700. The molecule has 0 amide bonds. The quantitative estimate of drug-likeness (QED) is 0.599. The van der Waals surface area contributed by atoms with Crippen LogP contribution in [0.1, 0.15) is 0 Å². The molecule has 0 aliphatic carbocycles. The van der Waals surface area contributed by atoms with Crippen LogP contribution in [0.5, 0.6) is 0 Å². The van der Waals surface area contributed by atoms with E-state index in [2.05, 4.69) is 0 Å². The second-order valence-corrected chi connectivity index (χ2v) is 0. The number of rotatable bonds is 0. The van der Waals surface area contributed by atoms with Crippen LogP contribution >= 0.6 is 0 Å².